The second-order valence-corrected chi connectivity index (χ2v) is 3.90. The topological polar surface area (TPSA) is 42.0 Å². The molecule has 4 heteroatoms. The number of carbonyl (C=O) groups is 1. The van der Waals surface area contributed by atoms with Crippen LogP contribution in [0.1, 0.15) is 54.0 Å². The molecular weight excluding hydrogens is 255 g/mol. The first kappa shape index (κ1) is 23.8. The number of Topliss-reactive ketones (excluding diaryl/α,β-unsaturated/α-hetero) is 1. The van der Waals surface area contributed by atoms with Crippen molar-refractivity contribution in [3.63, 3.8) is 0 Å². The van der Waals surface area contributed by atoms with E-state index >= 15 is 0 Å². The monoisotopic (exact) mass is 286 g/mol. The Balaban J connectivity index is -0.000000231. The van der Waals surface area contributed by atoms with Crippen molar-refractivity contribution in [3.05, 3.63) is 29.8 Å². The van der Waals surface area contributed by atoms with Crippen LogP contribution in [0.25, 0.3) is 0 Å². The zero-order valence-electron chi connectivity index (χ0n) is 14.2. The van der Waals surface area contributed by atoms with Gasteiger partial charge in [0.15, 0.2) is 0 Å². The summed E-state index contributed by atoms with van der Waals surface area (Å²) in [6.45, 7) is 16.0. The zero-order valence-corrected chi connectivity index (χ0v) is 14.2. The minimum atomic E-state index is -0.421. The third-order valence-corrected chi connectivity index (χ3v) is 1.63. The minimum absolute atomic E-state index is 0.193. The first-order valence-corrected chi connectivity index (χ1v) is 7.22. The van der Waals surface area contributed by atoms with Gasteiger partial charge in [0.05, 0.1) is 6.54 Å². The molecular formula is C16H31FN2O. The summed E-state index contributed by atoms with van der Waals surface area (Å²) in [4.78, 5) is 13.7. The van der Waals surface area contributed by atoms with Crippen molar-refractivity contribution in [2.45, 2.75) is 61.4 Å². The van der Waals surface area contributed by atoms with E-state index in [1.807, 2.05) is 48.5 Å². The third kappa shape index (κ3) is 21.9. The van der Waals surface area contributed by atoms with E-state index in [1.54, 1.807) is 13.0 Å². The smallest absolute Gasteiger partial charge is 0.212 e. The van der Waals surface area contributed by atoms with Gasteiger partial charge in [-0.05, 0) is 25.5 Å². The van der Waals surface area contributed by atoms with Gasteiger partial charge in [-0.2, -0.15) is 4.39 Å². The van der Waals surface area contributed by atoms with Crippen LogP contribution in [0.2, 0.25) is 0 Å². The van der Waals surface area contributed by atoms with Crippen molar-refractivity contribution in [2.24, 2.45) is 0 Å². The van der Waals surface area contributed by atoms with E-state index in [2.05, 4.69) is 10.3 Å². The number of aromatic nitrogens is 1. The number of halogens is 1. The summed E-state index contributed by atoms with van der Waals surface area (Å²) in [6.07, 6.45) is 1.50. The average Bonchev–Trinajstić information content (AvgIpc) is 2.45. The Hall–Kier alpha value is -1.29. The maximum Gasteiger partial charge on any atom is 0.212 e. The lowest BCUT2D eigenvalue weighted by Crippen LogP contribution is -2.27. The Morgan fingerprint density at radius 1 is 1.25 bits per heavy atom. The molecule has 0 spiro atoms. The van der Waals surface area contributed by atoms with E-state index < -0.39 is 5.95 Å². The van der Waals surface area contributed by atoms with Gasteiger partial charge in [0.1, 0.15) is 5.78 Å². The average molecular weight is 286 g/mol. The molecule has 0 aliphatic carbocycles. The van der Waals surface area contributed by atoms with Crippen LogP contribution in [-0.2, 0) is 4.79 Å². The lowest BCUT2D eigenvalue weighted by molar-refractivity contribution is -0.116. The van der Waals surface area contributed by atoms with E-state index in [4.69, 9.17) is 0 Å². The highest BCUT2D eigenvalue weighted by atomic mass is 19.1. The quantitative estimate of drug-likeness (QED) is 0.849. The van der Waals surface area contributed by atoms with Gasteiger partial charge in [0.25, 0.3) is 0 Å². The molecule has 0 fully saturated rings. The van der Waals surface area contributed by atoms with Crippen LogP contribution >= 0.6 is 0 Å². The zero-order chi connectivity index (χ0) is 16.6. The summed E-state index contributed by atoms with van der Waals surface area (Å²) < 4.78 is 12.0. The van der Waals surface area contributed by atoms with Crippen molar-refractivity contribution in [3.8, 4) is 0 Å². The maximum absolute atomic E-state index is 12.0. The molecule has 0 amide bonds. The Morgan fingerprint density at radius 2 is 1.75 bits per heavy atom. The van der Waals surface area contributed by atoms with Gasteiger partial charge in [-0.15, -0.1) is 0 Å². The van der Waals surface area contributed by atoms with Crippen molar-refractivity contribution in [1.82, 2.24) is 10.3 Å². The molecule has 1 aromatic heterocycles. The molecule has 1 aromatic rings. The van der Waals surface area contributed by atoms with Crippen LogP contribution in [0.5, 0.6) is 0 Å². The van der Waals surface area contributed by atoms with E-state index in [9.17, 15) is 9.18 Å². The molecule has 0 aliphatic rings. The number of hydrogen-bond acceptors (Lipinski definition) is 3. The standard InChI is InChI=1S/C6H6FN.C6H13NO.2C2H6/c1-5-2-3-6(7)8-4-5;1-5(2)7-4-6(3)8;2*1-2/h2-4H,1H3;5,7H,4H2,1-3H3;2*1-2H3. The van der Waals surface area contributed by atoms with E-state index in [0.717, 1.165) is 5.56 Å². The Bertz CT molecular complexity index is 290. The van der Waals surface area contributed by atoms with Gasteiger partial charge in [-0.1, -0.05) is 47.6 Å². The van der Waals surface area contributed by atoms with Gasteiger partial charge < -0.3 is 5.32 Å². The summed E-state index contributed by atoms with van der Waals surface area (Å²) in [5.74, 6) is -0.228. The van der Waals surface area contributed by atoms with Gasteiger partial charge in [-0.3, -0.25) is 4.79 Å². The van der Waals surface area contributed by atoms with Gasteiger partial charge in [-0.25, -0.2) is 4.98 Å². The van der Waals surface area contributed by atoms with Crippen molar-refractivity contribution in [2.75, 3.05) is 6.54 Å². The van der Waals surface area contributed by atoms with Crippen molar-refractivity contribution < 1.29 is 9.18 Å². The third-order valence-electron chi connectivity index (χ3n) is 1.63. The number of hydrogen-bond donors (Lipinski definition) is 1. The molecule has 0 aromatic carbocycles. The molecule has 0 bridgehead atoms. The lowest BCUT2D eigenvalue weighted by Gasteiger charge is -2.03. The predicted molar refractivity (Wildman–Crippen MR) is 85.4 cm³/mol. The number of pyridine rings is 1. The van der Waals surface area contributed by atoms with Crippen LogP contribution in [0, 0.1) is 12.9 Å². The van der Waals surface area contributed by atoms with E-state index in [1.165, 1.54) is 12.3 Å². The van der Waals surface area contributed by atoms with Crippen molar-refractivity contribution >= 4 is 5.78 Å². The van der Waals surface area contributed by atoms with Gasteiger partial charge in [0, 0.05) is 12.2 Å². The largest absolute Gasteiger partial charge is 0.308 e. The van der Waals surface area contributed by atoms with E-state index in [-0.39, 0.29) is 5.78 Å². The Labute approximate surface area is 124 Å². The summed E-state index contributed by atoms with van der Waals surface area (Å²) in [5, 5.41) is 3.00. The van der Waals surface area contributed by atoms with E-state index in [0.29, 0.717) is 12.6 Å². The summed E-state index contributed by atoms with van der Waals surface area (Å²) in [7, 11) is 0. The number of nitrogens with one attached hydrogen (secondary N) is 1. The Kier molecular flexibility index (Phi) is 21.1. The van der Waals surface area contributed by atoms with Crippen molar-refractivity contribution in [1.29, 1.82) is 0 Å². The highest BCUT2D eigenvalue weighted by Gasteiger charge is 1.92. The molecule has 1 N–H and O–H groups in total. The highest BCUT2D eigenvalue weighted by Crippen LogP contribution is 1.94. The fraction of sp³-hybridized carbons (Fsp3) is 0.625. The molecule has 0 unspecified atom stereocenters. The summed E-state index contributed by atoms with van der Waals surface area (Å²) in [5.41, 5.74) is 0.978. The molecule has 3 nitrogen and oxygen atoms in total. The van der Waals surface area contributed by atoms with Crippen LogP contribution in [0.4, 0.5) is 4.39 Å². The molecule has 0 aliphatic heterocycles. The number of aryl methyl sites for hydroxylation is 1. The van der Waals surface area contributed by atoms with Crippen LogP contribution in [0.3, 0.4) is 0 Å². The van der Waals surface area contributed by atoms with Gasteiger partial charge in [0.2, 0.25) is 5.95 Å². The molecule has 118 valence electrons. The summed E-state index contributed by atoms with van der Waals surface area (Å²) >= 11 is 0. The molecule has 20 heavy (non-hydrogen) atoms. The van der Waals surface area contributed by atoms with Crippen LogP contribution in [-0.4, -0.2) is 23.4 Å². The number of nitrogens with zero attached hydrogens (tertiary/aromatic N) is 1. The van der Waals surface area contributed by atoms with Crippen LogP contribution < -0.4 is 5.32 Å². The fourth-order valence-electron chi connectivity index (χ4n) is 0.798. The fourth-order valence-corrected chi connectivity index (χ4v) is 0.798. The number of ketones is 1. The number of carbonyl (C=O) groups excluding carboxylic acids is 1. The normalized spacial score (nSPS) is 8.30. The highest BCUT2D eigenvalue weighted by molar-refractivity contribution is 5.77. The Morgan fingerprint density at radius 3 is 1.95 bits per heavy atom. The second-order valence-electron chi connectivity index (χ2n) is 3.90. The summed E-state index contributed by atoms with van der Waals surface area (Å²) in [6, 6.07) is 3.44. The minimum Gasteiger partial charge on any atom is -0.308 e. The van der Waals surface area contributed by atoms with Crippen LogP contribution in [0.15, 0.2) is 18.3 Å². The molecule has 0 atom stereocenters. The molecule has 0 saturated carbocycles. The second kappa shape index (κ2) is 17.7. The first-order chi connectivity index (χ1) is 9.41. The molecule has 0 saturated heterocycles. The SMILES string of the molecule is CC.CC.CC(=O)CNC(C)C.Cc1ccc(F)nc1. The molecule has 0 radical (unpaired) electrons. The predicted octanol–water partition coefficient (Wildman–Crippen LogP) is 4.15. The number of rotatable bonds is 3. The van der Waals surface area contributed by atoms with Gasteiger partial charge >= 0.3 is 0 Å². The first-order valence-electron chi connectivity index (χ1n) is 7.22. The molecule has 1 heterocycles. The lowest BCUT2D eigenvalue weighted by atomic mass is 10.3. The maximum atomic E-state index is 12.0. The molecule has 1 rings (SSSR count).